The zero-order valence-corrected chi connectivity index (χ0v) is 13.4. The van der Waals surface area contributed by atoms with Crippen LogP contribution in [0.5, 0.6) is 0 Å². The van der Waals surface area contributed by atoms with Crippen molar-refractivity contribution in [3.8, 4) is 0 Å². The van der Waals surface area contributed by atoms with Crippen LogP contribution in [0.3, 0.4) is 0 Å². The van der Waals surface area contributed by atoms with Crippen LogP contribution in [0.2, 0.25) is 0 Å². The highest BCUT2D eigenvalue weighted by Crippen LogP contribution is 2.47. The van der Waals surface area contributed by atoms with Crippen LogP contribution >= 0.6 is 27.3 Å². The number of hydrogen-bond acceptors (Lipinski definition) is 3. The number of thiazole rings is 1. The minimum Gasteiger partial charge on any atom is -0.306 e. The van der Waals surface area contributed by atoms with Crippen molar-refractivity contribution in [3.63, 3.8) is 0 Å². The molecule has 2 heterocycles. The Bertz CT molecular complexity index is 610. The Morgan fingerprint density at radius 3 is 2.74 bits per heavy atom. The molecule has 1 aliphatic heterocycles. The van der Waals surface area contributed by atoms with E-state index >= 15 is 0 Å². The molecule has 2 aliphatic rings. The van der Waals surface area contributed by atoms with Crippen LogP contribution in [0.1, 0.15) is 23.8 Å². The molecule has 0 bridgehead atoms. The lowest BCUT2D eigenvalue weighted by Gasteiger charge is -2.12. The van der Waals surface area contributed by atoms with E-state index in [2.05, 4.69) is 46.1 Å². The van der Waals surface area contributed by atoms with E-state index in [1.807, 2.05) is 11.3 Å². The van der Waals surface area contributed by atoms with Crippen LogP contribution in [-0.4, -0.2) is 30.0 Å². The lowest BCUT2D eigenvalue weighted by atomic mass is 10.0. The van der Waals surface area contributed by atoms with Gasteiger partial charge in [-0.25, -0.2) is 4.98 Å². The average Bonchev–Trinajstić information content (AvgIpc) is 2.99. The molecule has 1 saturated heterocycles. The topological polar surface area (TPSA) is 16.1 Å². The second-order valence-electron chi connectivity index (χ2n) is 6.07. The Balaban J connectivity index is 1.62. The summed E-state index contributed by atoms with van der Waals surface area (Å²) in [5, 5.41) is 1.37. The minimum atomic E-state index is 0.708. The third-order valence-corrected chi connectivity index (χ3v) is 6.34. The van der Waals surface area contributed by atoms with Crippen LogP contribution in [0, 0.1) is 11.8 Å². The van der Waals surface area contributed by atoms with Gasteiger partial charge in [0.1, 0.15) is 0 Å². The number of likely N-dealkylation sites (tertiary alicyclic amines) is 1. The zero-order chi connectivity index (χ0) is 13.0. The van der Waals surface area contributed by atoms with Gasteiger partial charge in [0.05, 0.1) is 15.2 Å². The van der Waals surface area contributed by atoms with Crippen molar-refractivity contribution < 1.29 is 0 Å². The fourth-order valence-electron chi connectivity index (χ4n) is 3.83. The van der Waals surface area contributed by atoms with Gasteiger partial charge < -0.3 is 4.90 Å². The quantitative estimate of drug-likeness (QED) is 0.778. The van der Waals surface area contributed by atoms with Crippen molar-refractivity contribution in [1.29, 1.82) is 0 Å². The maximum atomic E-state index is 4.88. The van der Waals surface area contributed by atoms with Crippen molar-refractivity contribution in [2.24, 2.45) is 11.8 Å². The largest absolute Gasteiger partial charge is 0.306 e. The monoisotopic (exact) mass is 336 g/mol. The molecule has 19 heavy (non-hydrogen) atoms. The standard InChI is InChI=1S/C15H17BrN2S/c1-18-7-10-4-9(5-11(10)8-18)15-17-13-6-12(16)2-3-14(13)19-15/h2-3,6,9-11H,4-5,7-8H2,1H3/t9?,10-,11+. The summed E-state index contributed by atoms with van der Waals surface area (Å²) in [6.45, 7) is 2.58. The van der Waals surface area contributed by atoms with E-state index in [-0.39, 0.29) is 0 Å². The van der Waals surface area contributed by atoms with E-state index in [1.165, 1.54) is 35.6 Å². The lowest BCUT2D eigenvalue weighted by Crippen LogP contribution is -2.16. The van der Waals surface area contributed by atoms with E-state index in [0.29, 0.717) is 5.92 Å². The van der Waals surface area contributed by atoms with Gasteiger partial charge in [-0.2, -0.15) is 0 Å². The molecule has 1 saturated carbocycles. The Kier molecular flexibility index (Phi) is 2.94. The lowest BCUT2D eigenvalue weighted by molar-refractivity contribution is 0.371. The molecule has 2 nitrogen and oxygen atoms in total. The highest BCUT2D eigenvalue weighted by atomic mass is 79.9. The summed E-state index contributed by atoms with van der Waals surface area (Å²) < 4.78 is 2.45. The molecular weight excluding hydrogens is 320 g/mol. The average molecular weight is 337 g/mol. The molecule has 1 aliphatic carbocycles. The first-order valence-electron chi connectivity index (χ1n) is 6.93. The maximum Gasteiger partial charge on any atom is 0.0969 e. The number of halogens is 1. The summed E-state index contributed by atoms with van der Waals surface area (Å²) >= 11 is 5.43. The molecule has 1 aromatic heterocycles. The first-order valence-corrected chi connectivity index (χ1v) is 8.54. The molecule has 4 rings (SSSR count). The number of hydrogen-bond donors (Lipinski definition) is 0. The van der Waals surface area contributed by atoms with E-state index in [4.69, 9.17) is 4.98 Å². The zero-order valence-electron chi connectivity index (χ0n) is 11.0. The van der Waals surface area contributed by atoms with Gasteiger partial charge in [-0.3, -0.25) is 0 Å². The van der Waals surface area contributed by atoms with E-state index < -0.39 is 0 Å². The molecule has 2 fully saturated rings. The minimum absolute atomic E-state index is 0.708. The van der Waals surface area contributed by atoms with Crippen molar-refractivity contribution >= 4 is 37.5 Å². The van der Waals surface area contributed by atoms with Crippen LogP contribution < -0.4 is 0 Å². The van der Waals surface area contributed by atoms with Crippen LogP contribution in [0.4, 0.5) is 0 Å². The van der Waals surface area contributed by atoms with Crippen molar-refractivity contribution in [1.82, 2.24) is 9.88 Å². The van der Waals surface area contributed by atoms with Gasteiger partial charge in [0.2, 0.25) is 0 Å². The fraction of sp³-hybridized carbons (Fsp3) is 0.533. The van der Waals surface area contributed by atoms with E-state index in [9.17, 15) is 0 Å². The molecule has 4 heteroatoms. The second kappa shape index (κ2) is 4.54. The maximum absolute atomic E-state index is 4.88. The molecule has 2 aromatic rings. The first-order chi connectivity index (χ1) is 9.19. The molecular formula is C15H17BrN2S. The Labute approximate surface area is 126 Å². The molecule has 0 spiro atoms. The Hall–Kier alpha value is -0.450. The van der Waals surface area contributed by atoms with E-state index in [0.717, 1.165) is 21.8 Å². The fourth-order valence-corrected chi connectivity index (χ4v) is 5.25. The number of nitrogens with zero attached hydrogens (tertiary/aromatic N) is 2. The van der Waals surface area contributed by atoms with Gasteiger partial charge >= 0.3 is 0 Å². The molecule has 0 N–H and O–H groups in total. The highest BCUT2D eigenvalue weighted by Gasteiger charge is 2.41. The van der Waals surface area contributed by atoms with Gasteiger partial charge in [-0.1, -0.05) is 15.9 Å². The molecule has 1 aromatic carbocycles. The van der Waals surface area contributed by atoms with Gasteiger partial charge in [0.25, 0.3) is 0 Å². The van der Waals surface area contributed by atoms with Crippen LogP contribution in [0.25, 0.3) is 10.2 Å². The Morgan fingerprint density at radius 2 is 2.00 bits per heavy atom. The highest BCUT2D eigenvalue weighted by molar-refractivity contribution is 9.10. The smallest absolute Gasteiger partial charge is 0.0969 e. The van der Waals surface area contributed by atoms with Crippen molar-refractivity contribution in [2.45, 2.75) is 18.8 Å². The molecule has 3 atom stereocenters. The Morgan fingerprint density at radius 1 is 1.26 bits per heavy atom. The second-order valence-corrected chi connectivity index (χ2v) is 8.05. The van der Waals surface area contributed by atoms with Gasteiger partial charge in [-0.05, 0) is 49.9 Å². The SMILES string of the molecule is CN1C[C@H]2CC(c3nc4cc(Br)ccc4s3)C[C@H]2C1. The van der Waals surface area contributed by atoms with Gasteiger partial charge in [0, 0.05) is 23.5 Å². The van der Waals surface area contributed by atoms with Crippen LogP contribution in [0.15, 0.2) is 22.7 Å². The van der Waals surface area contributed by atoms with Crippen molar-refractivity contribution in [3.05, 3.63) is 27.7 Å². The number of rotatable bonds is 1. The predicted octanol–water partition coefficient (Wildman–Crippen LogP) is 4.11. The number of benzene rings is 1. The third-order valence-electron chi connectivity index (χ3n) is 4.65. The first kappa shape index (κ1) is 12.3. The summed E-state index contributed by atoms with van der Waals surface area (Å²) in [7, 11) is 2.25. The van der Waals surface area contributed by atoms with E-state index in [1.54, 1.807) is 0 Å². The summed E-state index contributed by atoms with van der Waals surface area (Å²) in [5.74, 6) is 2.53. The normalized spacial score (nSPS) is 31.2. The summed E-state index contributed by atoms with van der Waals surface area (Å²) in [4.78, 5) is 7.36. The summed E-state index contributed by atoms with van der Waals surface area (Å²) in [6.07, 6.45) is 2.69. The molecule has 1 unspecified atom stereocenters. The number of fused-ring (bicyclic) bond motifs is 2. The molecule has 0 amide bonds. The van der Waals surface area contributed by atoms with Gasteiger partial charge in [0.15, 0.2) is 0 Å². The van der Waals surface area contributed by atoms with Crippen LogP contribution in [-0.2, 0) is 0 Å². The third kappa shape index (κ3) is 2.14. The number of aromatic nitrogens is 1. The van der Waals surface area contributed by atoms with Crippen molar-refractivity contribution in [2.75, 3.05) is 20.1 Å². The molecule has 100 valence electrons. The summed E-state index contributed by atoms with van der Waals surface area (Å²) in [5.41, 5.74) is 1.16. The predicted molar refractivity (Wildman–Crippen MR) is 83.8 cm³/mol. The summed E-state index contributed by atoms with van der Waals surface area (Å²) in [6, 6.07) is 6.44. The molecule has 0 radical (unpaired) electrons. The van der Waals surface area contributed by atoms with Gasteiger partial charge in [-0.15, -0.1) is 11.3 Å².